The van der Waals surface area contributed by atoms with Gasteiger partial charge in [-0.1, -0.05) is 6.07 Å². The average molecular weight is 269 g/mol. The number of fused-ring (bicyclic) bond motifs is 1. The molecule has 0 spiro atoms. The number of aromatic nitrogens is 4. The number of nitrogen functional groups attached to an aromatic ring is 1. The third kappa shape index (κ3) is 1.95. The van der Waals surface area contributed by atoms with E-state index in [4.69, 9.17) is 10.5 Å². The molecule has 1 aromatic carbocycles. The predicted molar refractivity (Wildman–Crippen MR) is 73.9 cm³/mol. The highest BCUT2D eigenvalue weighted by atomic mass is 16.5. The Morgan fingerprint density at radius 1 is 1.25 bits per heavy atom. The maximum atomic E-state index is 12.1. The Kier molecular flexibility index (Phi) is 2.79. The number of rotatable bonds is 2. The van der Waals surface area contributed by atoms with Crippen LogP contribution in [0, 0.1) is 0 Å². The number of nitrogens with two attached hydrogens (primary N) is 1. The van der Waals surface area contributed by atoms with Crippen molar-refractivity contribution in [2.24, 2.45) is 0 Å². The van der Waals surface area contributed by atoms with E-state index in [1.165, 1.54) is 24.1 Å². The molecule has 0 atom stereocenters. The number of ether oxygens (including phenoxy) is 1. The second-order valence-electron chi connectivity index (χ2n) is 4.09. The van der Waals surface area contributed by atoms with Crippen LogP contribution in [0.4, 0.5) is 5.69 Å². The van der Waals surface area contributed by atoms with Gasteiger partial charge in [-0.15, -0.1) is 0 Å². The number of methoxy groups -OCH3 is 1. The second-order valence-corrected chi connectivity index (χ2v) is 4.09. The molecule has 0 bridgehead atoms. The van der Waals surface area contributed by atoms with Crippen LogP contribution in [-0.2, 0) is 0 Å². The maximum absolute atomic E-state index is 12.1. The van der Waals surface area contributed by atoms with E-state index in [9.17, 15) is 4.79 Å². The third-order valence-corrected chi connectivity index (χ3v) is 2.79. The molecule has 0 amide bonds. The number of nitrogens with zero attached hydrogens (tertiary/aromatic N) is 4. The minimum Gasteiger partial charge on any atom is -0.467 e. The molecule has 7 heteroatoms. The molecule has 2 aromatic heterocycles. The van der Waals surface area contributed by atoms with Gasteiger partial charge in [-0.05, 0) is 18.2 Å². The molecule has 0 saturated heterocycles. The van der Waals surface area contributed by atoms with Gasteiger partial charge < -0.3 is 10.5 Å². The van der Waals surface area contributed by atoms with E-state index in [0.717, 1.165) is 0 Å². The zero-order valence-electron chi connectivity index (χ0n) is 10.6. The van der Waals surface area contributed by atoms with Gasteiger partial charge in [0.1, 0.15) is 5.52 Å². The van der Waals surface area contributed by atoms with Gasteiger partial charge in [0.25, 0.3) is 5.56 Å². The van der Waals surface area contributed by atoms with Crippen LogP contribution in [0.2, 0.25) is 0 Å². The van der Waals surface area contributed by atoms with Crippen molar-refractivity contribution in [2.75, 3.05) is 12.8 Å². The van der Waals surface area contributed by atoms with Crippen molar-refractivity contribution in [3.63, 3.8) is 0 Å². The van der Waals surface area contributed by atoms with Crippen molar-refractivity contribution in [3.05, 3.63) is 47.0 Å². The molecule has 7 nitrogen and oxygen atoms in total. The van der Waals surface area contributed by atoms with Crippen LogP contribution in [0.1, 0.15) is 0 Å². The lowest BCUT2D eigenvalue weighted by Gasteiger charge is -2.09. The molecule has 2 heterocycles. The van der Waals surface area contributed by atoms with Crippen LogP contribution < -0.4 is 16.0 Å². The van der Waals surface area contributed by atoms with Crippen LogP contribution in [0.5, 0.6) is 6.01 Å². The summed E-state index contributed by atoms with van der Waals surface area (Å²) in [6, 6.07) is 7.14. The molecule has 3 rings (SSSR count). The summed E-state index contributed by atoms with van der Waals surface area (Å²) >= 11 is 0. The summed E-state index contributed by atoms with van der Waals surface area (Å²) in [7, 11) is 1.46. The fraction of sp³-hybridized carbons (Fsp3) is 0.0769. The first-order valence-corrected chi connectivity index (χ1v) is 5.84. The Balaban J connectivity index is 2.38. The molecular formula is C13H11N5O2. The molecule has 0 aliphatic carbocycles. The van der Waals surface area contributed by atoms with Crippen LogP contribution in [-0.4, -0.2) is 26.6 Å². The first-order chi connectivity index (χ1) is 9.69. The summed E-state index contributed by atoms with van der Waals surface area (Å²) in [5.74, 6) is 0. The van der Waals surface area contributed by atoms with Gasteiger partial charge in [-0.3, -0.25) is 9.36 Å². The zero-order valence-corrected chi connectivity index (χ0v) is 10.6. The van der Waals surface area contributed by atoms with Gasteiger partial charge in [-0.2, -0.15) is 4.98 Å². The van der Waals surface area contributed by atoms with E-state index < -0.39 is 0 Å². The van der Waals surface area contributed by atoms with E-state index in [2.05, 4.69) is 15.0 Å². The van der Waals surface area contributed by atoms with Gasteiger partial charge >= 0.3 is 6.01 Å². The highest BCUT2D eigenvalue weighted by Gasteiger charge is 2.10. The Morgan fingerprint density at radius 3 is 2.85 bits per heavy atom. The molecule has 0 aliphatic heterocycles. The van der Waals surface area contributed by atoms with Gasteiger partial charge in [0.15, 0.2) is 5.65 Å². The lowest BCUT2D eigenvalue weighted by Crippen LogP contribution is -2.20. The van der Waals surface area contributed by atoms with Crippen molar-refractivity contribution in [3.8, 4) is 11.7 Å². The van der Waals surface area contributed by atoms with E-state index in [0.29, 0.717) is 22.5 Å². The molecule has 0 aliphatic rings. The summed E-state index contributed by atoms with van der Waals surface area (Å²) in [5, 5.41) is 0. The van der Waals surface area contributed by atoms with Crippen LogP contribution in [0.3, 0.4) is 0 Å². The zero-order chi connectivity index (χ0) is 14.1. The van der Waals surface area contributed by atoms with Crippen LogP contribution in [0.15, 0.2) is 41.5 Å². The van der Waals surface area contributed by atoms with Crippen LogP contribution in [0.25, 0.3) is 16.9 Å². The minimum atomic E-state index is -0.302. The Bertz CT molecular complexity index is 844. The highest BCUT2D eigenvalue weighted by molar-refractivity contribution is 5.71. The number of benzene rings is 1. The van der Waals surface area contributed by atoms with Crippen molar-refractivity contribution < 1.29 is 4.74 Å². The highest BCUT2D eigenvalue weighted by Crippen LogP contribution is 2.16. The molecule has 2 N–H and O–H groups in total. The molecule has 0 unspecified atom stereocenters. The maximum Gasteiger partial charge on any atom is 0.318 e. The lowest BCUT2D eigenvalue weighted by molar-refractivity contribution is 0.381. The van der Waals surface area contributed by atoms with Crippen molar-refractivity contribution in [1.29, 1.82) is 0 Å². The van der Waals surface area contributed by atoms with E-state index in [1.807, 2.05) is 0 Å². The SMILES string of the molecule is COc1ncc2ncc(=O)n(-c3cccc(N)c3)c2n1. The largest absolute Gasteiger partial charge is 0.467 e. The Morgan fingerprint density at radius 2 is 2.10 bits per heavy atom. The first-order valence-electron chi connectivity index (χ1n) is 5.84. The molecular weight excluding hydrogens is 258 g/mol. The van der Waals surface area contributed by atoms with Gasteiger partial charge in [-0.25, -0.2) is 9.97 Å². The summed E-state index contributed by atoms with van der Waals surface area (Å²) < 4.78 is 6.41. The van der Waals surface area contributed by atoms with Crippen molar-refractivity contribution in [1.82, 2.24) is 19.5 Å². The molecule has 0 fully saturated rings. The van der Waals surface area contributed by atoms with E-state index >= 15 is 0 Å². The quantitative estimate of drug-likeness (QED) is 0.690. The van der Waals surface area contributed by atoms with Gasteiger partial charge in [0.05, 0.1) is 25.2 Å². The summed E-state index contributed by atoms with van der Waals surface area (Å²) in [4.78, 5) is 24.3. The van der Waals surface area contributed by atoms with E-state index in [1.54, 1.807) is 24.3 Å². The minimum absolute atomic E-state index is 0.169. The number of hydrogen-bond donors (Lipinski definition) is 1. The Labute approximate surface area is 113 Å². The fourth-order valence-electron chi connectivity index (χ4n) is 1.91. The van der Waals surface area contributed by atoms with Gasteiger partial charge in [0, 0.05) is 5.69 Å². The summed E-state index contributed by atoms with van der Waals surface area (Å²) in [6.45, 7) is 0. The number of anilines is 1. The van der Waals surface area contributed by atoms with Gasteiger partial charge in [0.2, 0.25) is 0 Å². The van der Waals surface area contributed by atoms with Crippen molar-refractivity contribution in [2.45, 2.75) is 0 Å². The third-order valence-electron chi connectivity index (χ3n) is 2.79. The second kappa shape index (κ2) is 4.61. The summed E-state index contributed by atoms with van der Waals surface area (Å²) in [5.41, 5.74) is 7.49. The monoisotopic (exact) mass is 269 g/mol. The fourth-order valence-corrected chi connectivity index (χ4v) is 1.91. The topological polar surface area (TPSA) is 95.9 Å². The van der Waals surface area contributed by atoms with E-state index in [-0.39, 0.29) is 11.6 Å². The Hall–Kier alpha value is -2.96. The van der Waals surface area contributed by atoms with Crippen LogP contribution >= 0.6 is 0 Å². The molecule has 100 valence electrons. The predicted octanol–water partition coefficient (Wildman–Crippen LogP) is 0.766. The lowest BCUT2D eigenvalue weighted by atomic mass is 10.3. The molecule has 0 saturated carbocycles. The smallest absolute Gasteiger partial charge is 0.318 e. The molecule has 0 radical (unpaired) electrons. The standard InChI is InChI=1S/C13H11N5O2/c1-20-13-16-6-10-12(17-13)18(11(19)7-15-10)9-4-2-3-8(14)5-9/h2-7H,14H2,1H3. The first kappa shape index (κ1) is 12.1. The molecule has 3 aromatic rings. The number of hydrogen-bond acceptors (Lipinski definition) is 6. The molecule has 20 heavy (non-hydrogen) atoms. The normalized spacial score (nSPS) is 10.7. The average Bonchev–Trinajstić information content (AvgIpc) is 2.46. The summed E-state index contributed by atoms with van der Waals surface area (Å²) in [6.07, 6.45) is 2.73. The van der Waals surface area contributed by atoms with Crippen molar-refractivity contribution >= 4 is 16.9 Å².